The number of piperidine rings is 1. The number of hydrogen-bond acceptors (Lipinski definition) is 2. The molecule has 0 radical (unpaired) electrons. The molecule has 0 atom stereocenters. The van der Waals surface area contributed by atoms with Crippen molar-refractivity contribution in [3.63, 3.8) is 0 Å². The summed E-state index contributed by atoms with van der Waals surface area (Å²) in [5.41, 5.74) is 4.04. The van der Waals surface area contributed by atoms with Gasteiger partial charge in [-0.2, -0.15) is 5.10 Å². The highest BCUT2D eigenvalue weighted by atomic mass is 15.3. The minimum absolute atomic E-state index is 0.738. The van der Waals surface area contributed by atoms with Gasteiger partial charge < -0.3 is 5.32 Å². The van der Waals surface area contributed by atoms with E-state index in [9.17, 15) is 0 Å². The summed E-state index contributed by atoms with van der Waals surface area (Å²) in [4.78, 5) is 0. The minimum atomic E-state index is 0.738. The molecule has 4 rings (SSSR count). The predicted molar refractivity (Wildman–Crippen MR) is 84.8 cm³/mol. The molecule has 0 spiro atoms. The topological polar surface area (TPSA) is 29.9 Å². The van der Waals surface area contributed by atoms with E-state index in [0.717, 1.165) is 11.8 Å². The average Bonchev–Trinajstić information content (AvgIpc) is 3.26. The Morgan fingerprint density at radius 3 is 2.48 bits per heavy atom. The second kappa shape index (κ2) is 5.64. The Labute approximate surface area is 126 Å². The van der Waals surface area contributed by atoms with E-state index in [1.807, 2.05) is 6.20 Å². The second-order valence-corrected chi connectivity index (χ2v) is 6.51. The highest BCUT2D eigenvalue weighted by Gasteiger charge is 2.27. The number of benzene rings is 1. The van der Waals surface area contributed by atoms with E-state index in [0.29, 0.717) is 0 Å². The Balaban J connectivity index is 1.49. The summed E-state index contributed by atoms with van der Waals surface area (Å²) in [5.74, 6) is 1.59. The third kappa shape index (κ3) is 2.88. The van der Waals surface area contributed by atoms with Crippen molar-refractivity contribution in [3.8, 4) is 5.69 Å². The first-order valence-corrected chi connectivity index (χ1v) is 8.24. The molecule has 1 aliphatic heterocycles. The van der Waals surface area contributed by atoms with Crippen molar-refractivity contribution in [1.29, 1.82) is 0 Å². The molecule has 1 aromatic heterocycles. The van der Waals surface area contributed by atoms with Gasteiger partial charge in [0, 0.05) is 17.8 Å². The maximum Gasteiger partial charge on any atom is 0.0649 e. The largest absolute Gasteiger partial charge is 0.317 e. The first-order chi connectivity index (χ1) is 10.4. The normalized spacial score (nSPS) is 19.8. The van der Waals surface area contributed by atoms with Crippen LogP contribution in [0.5, 0.6) is 0 Å². The Morgan fingerprint density at radius 1 is 1.00 bits per heavy atom. The molecular formula is C18H23N3. The summed E-state index contributed by atoms with van der Waals surface area (Å²) in [6.07, 6.45) is 8.41. The van der Waals surface area contributed by atoms with Crippen molar-refractivity contribution >= 4 is 0 Å². The Bertz CT molecular complexity index is 589. The third-order valence-electron chi connectivity index (χ3n) is 4.83. The van der Waals surface area contributed by atoms with Crippen LogP contribution in [0.4, 0.5) is 0 Å². The van der Waals surface area contributed by atoms with Crippen LogP contribution in [-0.2, 0) is 6.42 Å². The molecule has 2 heterocycles. The molecule has 1 aromatic carbocycles. The quantitative estimate of drug-likeness (QED) is 0.932. The fourth-order valence-electron chi connectivity index (χ4n) is 3.41. The van der Waals surface area contributed by atoms with E-state index in [4.69, 9.17) is 0 Å². The zero-order valence-corrected chi connectivity index (χ0v) is 12.5. The average molecular weight is 281 g/mol. The van der Waals surface area contributed by atoms with Gasteiger partial charge in [-0.3, -0.25) is 0 Å². The van der Waals surface area contributed by atoms with Crippen molar-refractivity contribution in [1.82, 2.24) is 15.1 Å². The summed E-state index contributed by atoms with van der Waals surface area (Å²) in [5, 5.41) is 7.94. The number of aromatic nitrogens is 2. The molecule has 0 amide bonds. The van der Waals surface area contributed by atoms with Crippen LogP contribution in [-0.4, -0.2) is 22.9 Å². The lowest BCUT2D eigenvalue weighted by Gasteiger charge is -2.22. The summed E-state index contributed by atoms with van der Waals surface area (Å²) < 4.78 is 2.12. The van der Waals surface area contributed by atoms with Crippen LogP contribution in [0.3, 0.4) is 0 Å². The lowest BCUT2D eigenvalue weighted by atomic mass is 9.91. The van der Waals surface area contributed by atoms with Gasteiger partial charge in [0.05, 0.1) is 5.69 Å². The van der Waals surface area contributed by atoms with Crippen LogP contribution in [0.1, 0.15) is 42.9 Å². The van der Waals surface area contributed by atoms with Crippen LogP contribution >= 0.6 is 0 Å². The van der Waals surface area contributed by atoms with E-state index < -0.39 is 0 Å². The van der Waals surface area contributed by atoms with Gasteiger partial charge >= 0.3 is 0 Å². The monoisotopic (exact) mass is 281 g/mol. The smallest absolute Gasteiger partial charge is 0.0649 e. The van der Waals surface area contributed by atoms with E-state index >= 15 is 0 Å². The van der Waals surface area contributed by atoms with Crippen LogP contribution in [0.2, 0.25) is 0 Å². The Hall–Kier alpha value is -1.61. The molecule has 3 nitrogen and oxygen atoms in total. The molecule has 2 aromatic rings. The van der Waals surface area contributed by atoms with Gasteiger partial charge in [0.1, 0.15) is 0 Å². The first kappa shape index (κ1) is 13.1. The molecular weight excluding hydrogens is 258 g/mol. The number of nitrogens with one attached hydrogen (secondary N) is 1. The molecule has 0 unspecified atom stereocenters. The van der Waals surface area contributed by atoms with Crippen LogP contribution in [0.25, 0.3) is 5.69 Å². The number of rotatable bonds is 4. The zero-order valence-electron chi connectivity index (χ0n) is 12.5. The van der Waals surface area contributed by atoms with E-state index in [-0.39, 0.29) is 0 Å². The lowest BCUT2D eigenvalue weighted by molar-refractivity contribution is 0.372. The molecule has 2 fully saturated rings. The summed E-state index contributed by atoms with van der Waals surface area (Å²) >= 11 is 0. The number of nitrogens with zero attached hydrogens (tertiary/aromatic N) is 2. The second-order valence-electron chi connectivity index (χ2n) is 6.51. The highest BCUT2D eigenvalue weighted by Crippen LogP contribution is 2.40. The summed E-state index contributed by atoms with van der Waals surface area (Å²) in [6, 6.07) is 11.2. The molecule has 3 heteroatoms. The van der Waals surface area contributed by atoms with Crippen molar-refractivity contribution in [2.75, 3.05) is 13.1 Å². The predicted octanol–water partition coefficient (Wildman–Crippen LogP) is 3.29. The lowest BCUT2D eigenvalue weighted by Crippen LogP contribution is -2.28. The Morgan fingerprint density at radius 2 is 1.76 bits per heavy atom. The molecule has 1 N–H and O–H groups in total. The standard InChI is InChI=1S/C18H23N3/c1-5-17(21-18(9-12-20-21)16-3-4-16)6-2-14(1)13-15-7-10-19-11-8-15/h1-2,5-6,9,12,15-16,19H,3-4,7-8,10-11,13H2. The fraction of sp³-hybridized carbons (Fsp3) is 0.500. The first-order valence-electron chi connectivity index (χ1n) is 8.24. The van der Waals surface area contributed by atoms with Crippen LogP contribution in [0.15, 0.2) is 36.5 Å². The van der Waals surface area contributed by atoms with Crippen LogP contribution < -0.4 is 5.32 Å². The van der Waals surface area contributed by atoms with E-state index in [1.54, 1.807) is 0 Å². The van der Waals surface area contributed by atoms with Crippen molar-refractivity contribution < 1.29 is 0 Å². The SMILES string of the molecule is c1cc(C2CC2)n(-c2ccc(CC3CCNCC3)cc2)n1. The summed E-state index contributed by atoms with van der Waals surface area (Å²) in [6.45, 7) is 2.36. The van der Waals surface area contributed by atoms with Crippen molar-refractivity contribution in [2.24, 2.45) is 5.92 Å². The third-order valence-corrected chi connectivity index (χ3v) is 4.83. The molecule has 1 saturated carbocycles. The molecule has 2 aliphatic rings. The van der Waals surface area contributed by atoms with Gasteiger partial charge in [0.25, 0.3) is 0 Å². The molecule has 0 bridgehead atoms. The number of hydrogen-bond donors (Lipinski definition) is 1. The molecule has 21 heavy (non-hydrogen) atoms. The van der Waals surface area contributed by atoms with Crippen molar-refractivity contribution in [2.45, 2.75) is 38.0 Å². The van der Waals surface area contributed by atoms with Gasteiger partial charge in [-0.05, 0) is 74.9 Å². The summed E-state index contributed by atoms with van der Waals surface area (Å²) in [7, 11) is 0. The van der Waals surface area contributed by atoms with E-state index in [1.165, 1.54) is 62.1 Å². The fourth-order valence-corrected chi connectivity index (χ4v) is 3.41. The van der Waals surface area contributed by atoms with E-state index in [2.05, 4.69) is 45.4 Å². The van der Waals surface area contributed by atoms with Gasteiger partial charge in [-0.15, -0.1) is 0 Å². The molecule has 110 valence electrons. The van der Waals surface area contributed by atoms with Crippen LogP contribution in [0, 0.1) is 5.92 Å². The maximum atomic E-state index is 4.50. The highest BCUT2D eigenvalue weighted by molar-refractivity contribution is 5.37. The minimum Gasteiger partial charge on any atom is -0.317 e. The van der Waals surface area contributed by atoms with Gasteiger partial charge in [-0.25, -0.2) is 4.68 Å². The maximum absolute atomic E-state index is 4.50. The Kier molecular flexibility index (Phi) is 3.52. The molecule has 1 aliphatic carbocycles. The van der Waals surface area contributed by atoms with Gasteiger partial charge in [0.2, 0.25) is 0 Å². The van der Waals surface area contributed by atoms with Gasteiger partial charge in [0.15, 0.2) is 0 Å². The zero-order chi connectivity index (χ0) is 14.1. The molecule has 1 saturated heterocycles. The van der Waals surface area contributed by atoms with Crippen molar-refractivity contribution in [3.05, 3.63) is 47.8 Å². The van der Waals surface area contributed by atoms with Gasteiger partial charge in [-0.1, -0.05) is 12.1 Å².